The Morgan fingerprint density at radius 1 is 1.56 bits per heavy atom. The fourth-order valence-electron chi connectivity index (χ4n) is 1.15. The minimum Gasteiger partial charge on any atom is -0.318 e. The molecule has 0 fully saturated rings. The zero-order valence-electron chi connectivity index (χ0n) is 5.64. The molecule has 2 heteroatoms. The van der Waals surface area contributed by atoms with Gasteiger partial charge in [0.15, 0.2) is 0 Å². The van der Waals surface area contributed by atoms with Gasteiger partial charge in [-0.05, 0) is 19.3 Å². The molecule has 0 amide bonds. The molecule has 0 saturated heterocycles. The van der Waals surface area contributed by atoms with Crippen molar-refractivity contribution in [2.75, 3.05) is 6.67 Å². The zero-order chi connectivity index (χ0) is 6.53. The predicted octanol–water partition coefficient (Wildman–Crippen LogP) is 0.601. The summed E-state index contributed by atoms with van der Waals surface area (Å²) in [4.78, 5) is 0. The largest absolute Gasteiger partial charge is 0.318 e. The molecule has 0 aromatic carbocycles. The highest BCUT2D eigenvalue weighted by Crippen LogP contribution is 2.09. The van der Waals surface area contributed by atoms with Crippen molar-refractivity contribution >= 4 is 0 Å². The molecule has 0 heterocycles. The first kappa shape index (κ1) is 6.78. The van der Waals surface area contributed by atoms with Gasteiger partial charge in [-0.25, -0.2) is 0 Å². The van der Waals surface area contributed by atoms with Gasteiger partial charge in [-0.1, -0.05) is 12.2 Å². The molecule has 3 N–H and O–H groups in total. The number of hydrogen-bond acceptors (Lipinski definition) is 2. The number of rotatable bonds is 2. The van der Waals surface area contributed by atoms with E-state index in [1.165, 1.54) is 12.8 Å². The van der Waals surface area contributed by atoms with Gasteiger partial charge >= 0.3 is 0 Å². The van der Waals surface area contributed by atoms with Crippen LogP contribution < -0.4 is 11.1 Å². The Kier molecular flexibility index (Phi) is 2.74. The Hall–Kier alpha value is -0.340. The smallest absolute Gasteiger partial charge is 0.0430 e. The van der Waals surface area contributed by atoms with E-state index >= 15 is 0 Å². The fraction of sp³-hybridized carbons (Fsp3) is 0.714. The van der Waals surface area contributed by atoms with E-state index < -0.39 is 0 Å². The van der Waals surface area contributed by atoms with Crippen LogP contribution in [-0.2, 0) is 0 Å². The second-order valence-electron chi connectivity index (χ2n) is 2.39. The molecule has 0 aromatic rings. The van der Waals surface area contributed by atoms with E-state index in [2.05, 4.69) is 17.5 Å². The van der Waals surface area contributed by atoms with Crippen molar-refractivity contribution in [1.82, 2.24) is 5.32 Å². The summed E-state index contributed by atoms with van der Waals surface area (Å²) in [5.41, 5.74) is 5.32. The van der Waals surface area contributed by atoms with E-state index in [0.717, 1.165) is 6.42 Å². The average Bonchev–Trinajstić information content (AvgIpc) is 1.91. The third-order valence-corrected chi connectivity index (χ3v) is 1.68. The van der Waals surface area contributed by atoms with Gasteiger partial charge in [-0.3, -0.25) is 0 Å². The quantitative estimate of drug-likeness (QED) is 0.420. The molecule has 9 heavy (non-hydrogen) atoms. The van der Waals surface area contributed by atoms with Crippen LogP contribution >= 0.6 is 0 Å². The topological polar surface area (TPSA) is 38.0 Å². The molecule has 1 unspecified atom stereocenters. The lowest BCUT2D eigenvalue weighted by atomic mass is 10.0. The second kappa shape index (κ2) is 3.64. The minimum atomic E-state index is 0.610. The van der Waals surface area contributed by atoms with Crippen molar-refractivity contribution in [3.05, 3.63) is 12.2 Å². The van der Waals surface area contributed by atoms with Crippen molar-refractivity contribution in [2.24, 2.45) is 5.73 Å². The van der Waals surface area contributed by atoms with Crippen LogP contribution in [0, 0.1) is 0 Å². The normalized spacial score (nSPS) is 26.6. The third kappa shape index (κ3) is 2.16. The van der Waals surface area contributed by atoms with Crippen LogP contribution in [-0.4, -0.2) is 12.7 Å². The molecule has 0 aliphatic heterocycles. The van der Waals surface area contributed by atoms with E-state index in [0.29, 0.717) is 12.7 Å². The molecule has 0 radical (unpaired) electrons. The van der Waals surface area contributed by atoms with Crippen molar-refractivity contribution in [3.8, 4) is 0 Å². The van der Waals surface area contributed by atoms with Crippen LogP contribution in [0.5, 0.6) is 0 Å². The van der Waals surface area contributed by atoms with Gasteiger partial charge in [0.05, 0.1) is 0 Å². The molecule has 1 atom stereocenters. The van der Waals surface area contributed by atoms with Gasteiger partial charge in [-0.15, -0.1) is 0 Å². The van der Waals surface area contributed by atoms with Crippen molar-refractivity contribution in [3.63, 3.8) is 0 Å². The Balaban J connectivity index is 2.18. The summed E-state index contributed by atoms with van der Waals surface area (Å²) in [6.07, 6.45) is 8.05. The van der Waals surface area contributed by atoms with Crippen molar-refractivity contribution in [2.45, 2.75) is 25.3 Å². The lowest BCUT2D eigenvalue weighted by Crippen LogP contribution is -2.34. The van der Waals surface area contributed by atoms with Crippen LogP contribution in [0.15, 0.2) is 12.2 Å². The maximum absolute atomic E-state index is 5.32. The molecule has 0 saturated carbocycles. The molecule has 2 nitrogen and oxygen atoms in total. The maximum Gasteiger partial charge on any atom is 0.0430 e. The van der Waals surface area contributed by atoms with Crippen LogP contribution in [0.1, 0.15) is 19.3 Å². The van der Waals surface area contributed by atoms with Gasteiger partial charge in [0, 0.05) is 12.7 Å². The van der Waals surface area contributed by atoms with Crippen LogP contribution in [0.25, 0.3) is 0 Å². The number of nitrogens with one attached hydrogen (secondary N) is 1. The van der Waals surface area contributed by atoms with Crippen LogP contribution in [0.4, 0.5) is 0 Å². The first-order chi connectivity index (χ1) is 4.43. The molecule has 0 bridgehead atoms. The lowest BCUT2D eigenvalue weighted by Gasteiger charge is -2.17. The highest BCUT2D eigenvalue weighted by atomic mass is 15.0. The summed E-state index contributed by atoms with van der Waals surface area (Å²) in [5, 5.41) is 3.21. The number of allylic oxidation sites excluding steroid dienone is 1. The zero-order valence-corrected chi connectivity index (χ0v) is 5.64. The summed E-state index contributed by atoms with van der Waals surface area (Å²) >= 11 is 0. The molecule has 1 aliphatic carbocycles. The first-order valence-electron chi connectivity index (χ1n) is 3.52. The van der Waals surface area contributed by atoms with Gasteiger partial charge < -0.3 is 11.1 Å². The SMILES string of the molecule is NCNC1CC=CCC1. The van der Waals surface area contributed by atoms with E-state index in [9.17, 15) is 0 Å². The monoisotopic (exact) mass is 126 g/mol. The van der Waals surface area contributed by atoms with E-state index in [1.807, 2.05) is 0 Å². The van der Waals surface area contributed by atoms with Gasteiger partial charge in [0.25, 0.3) is 0 Å². The average molecular weight is 126 g/mol. The standard InChI is InChI=1S/C7H14N2/c8-6-9-7-4-2-1-3-5-7/h1-2,7,9H,3-6,8H2. The lowest BCUT2D eigenvalue weighted by molar-refractivity contribution is 0.483. The Bertz CT molecular complexity index is 99.1. The highest BCUT2D eigenvalue weighted by Gasteiger charge is 2.06. The number of nitrogens with two attached hydrogens (primary N) is 1. The van der Waals surface area contributed by atoms with Crippen molar-refractivity contribution < 1.29 is 0 Å². The fourth-order valence-corrected chi connectivity index (χ4v) is 1.15. The molecule has 0 aromatic heterocycles. The summed E-state index contributed by atoms with van der Waals surface area (Å²) in [6, 6.07) is 0.639. The Morgan fingerprint density at radius 3 is 3.00 bits per heavy atom. The third-order valence-electron chi connectivity index (χ3n) is 1.68. The first-order valence-corrected chi connectivity index (χ1v) is 3.52. The predicted molar refractivity (Wildman–Crippen MR) is 39.0 cm³/mol. The van der Waals surface area contributed by atoms with Crippen molar-refractivity contribution in [1.29, 1.82) is 0 Å². The van der Waals surface area contributed by atoms with Crippen LogP contribution in [0.2, 0.25) is 0 Å². The van der Waals surface area contributed by atoms with Gasteiger partial charge in [0.1, 0.15) is 0 Å². The van der Waals surface area contributed by atoms with Gasteiger partial charge in [-0.2, -0.15) is 0 Å². The summed E-state index contributed by atoms with van der Waals surface area (Å²) in [5.74, 6) is 0. The summed E-state index contributed by atoms with van der Waals surface area (Å²) in [6.45, 7) is 0.610. The minimum absolute atomic E-state index is 0.610. The highest BCUT2D eigenvalue weighted by molar-refractivity contribution is 4.92. The molecule has 1 rings (SSSR count). The van der Waals surface area contributed by atoms with E-state index in [4.69, 9.17) is 5.73 Å². The van der Waals surface area contributed by atoms with E-state index in [1.54, 1.807) is 0 Å². The maximum atomic E-state index is 5.32. The Morgan fingerprint density at radius 2 is 2.44 bits per heavy atom. The van der Waals surface area contributed by atoms with Gasteiger partial charge in [0.2, 0.25) is 0 Å². The summed E-state index contributed by atoms with van der Waals surface area (Å²) < 4.78 is 0. The molecular weight excluding hydrogens is 112 g/mol. The second-order valence-corrected chi connectivity index (χ2v) is 2.39. The summed E-state index contributed by atoms with van der Waals surface area (Å²) in [7, 11) is 0. The Labute approximate surface area is 56.1 Å². The van der Waals surface area contributed by atoms with Crippen LogP contribution in [0.3, 0.4) is 0 Å². The molecular formula is C7H14N2. The number of hydrogen-bond donors (Lipinski definition) is 2. The molecule has 52 valence electrons. The van der Waals surface area contributed by atoms with E-state index in [-0.39, 0.29) is 0 Å². The molecule has 1 aliphatic rings. The molecule has 0 spiro atoms.